The maximum atomic E-state index is 7.29. The Bertz CT molecular complexity index is 5630. The summed E-state index contributed by atoms with van der Waals surface area (Å²) in [5.74, 6) is 6.49. The molecule has 4 aliphatic rings. The van der Waals surface area contributed by atoms with Crippen molar-refractivity contribution in [2.24, 2.45) is 0 Å². The summed E-state index contributed by atoms with van der Waals surface area (Å²) in [6.07, 6.45) is 0.811. The van der Waals surface area contributed by atoms with Gasteiger partial charge in [0.1, 0.15) is 46.0 Å². The Morgan fingerprint density at radius 1 is 0.250 bits per heavy atom. The van der Waals surface area contributed by atoms with Crippen molar-refractivity contribution in [1.82, 2.24) is 0 Å². The van der Waals surface area contributed by atoms with Crippen molar-refractivity contribution >= 4 is 80.3 Å². The molecule has 0 fully saturated rings. The summed E-state index contributed by atoms with van der Waals surface area (Å²) in [7, 11) is 0. The molecular weight excluding hydrogens is 1310 g/mol. The average Bonchev–Trinajstić information content (AvgIpc) is 0.720. The predicted molar refractivity (Wildman–Crippen MR) is 452 cm³/mol. The zero-order chi connectivity index (χ0) is 74.0. The molecule has 0 aliphatic carbocycles. The summed E-state index contributed by atoms with van der Waals surface area (Å²) < 4.78 is 29.0. The molecule has 0 saturated carbocycles. The molecule has 4 aliphatic heterocycles. The van der Waals surface area contributed by atoms with E-state index in [1.54, 1.807) is 0 Å². The minimum absolute atomic E-state index is 0.0360. The fourth-order valence-electron chi connectivity index (χ4n) is 16.6. The molecular formula is C100H86B2N2O4. The van der Waals surface area contributed by atoms with E-state index in [0.29, 0.717) is 0 Å². The third kappa shape index (κ3) is 12.4. The van der Waals surface area contributed by atoms with Gasteiger partial charge < -0.3 is 28.7 Å². The van der Waals surface area contributed by atoms with E-state index in [1.165, 1.54) is 27.8 Å². The Morgan fingerprint density at radius 3 is 1.06 bits per heavy atom. The second-order valence-electron chi connectivity index (χ2n) is 33.4. The number of rotatable bonds is 13. The molecule has 0 unspecified atom stereocenters. The van der Waals surface area contributed by atoms with Crippen molar-refractivity contribution in [3.8, 4) is 90.5 Å². The first-order valence-electron chi connectivity index (χ1n) is 38.0. The lowest BCUT2D eigenvalue weighted by Gasteiger charge is -2.36. The van der Waals surface area contributed by atoms with E-state index < -0.39 is 0 Å². The van der Waals surface area contributed by atoms with Crippen LogP contribution < -0.4 is 61.5 Å². The van der Waals surface area contributed by atoms with Crippen LogP contribution in [0.3, 0.4) is 0 Å². The molecule has 0 N–H and O–H groups in total. The molecule has 0 amide bonds. The van der Waals surface area contributed by atoms with Crippen LogP contribution in [0.25, 0.3) is 44.5 Å². The number of para-hydroxylation sites is 2. The second kappa shape index (κ2) is 26.2. The fraction of sp³-hybridized carbons (Fsp3) is 0.160. The molecule has 4 heterocycles. The van der Waals surface area contributed by atoms with E-state index in [-0.39, 0.29) is 35.1 Å². The van der Waals surface area contributed by atoms with Gasteiger partial charge in [-0.05, 0) is 207 Å². The lowest BCUT2D eigenvalue weighted by Crippen LogP contribution is -2.57. The third-order valence-electron chi connectivity index (χ3n) is 22.6. The Labute approximate surface area is 637 Å². The molecule has 8 heteroatoms. The monoisotopic (exact) mass is 1400 g/mol. The van der Waals surface area contributed by atoms with Gasteiger partial charge in [-0.2, -0.15) is 0 Å². The first-order valence-corrected chi connectivity index (χ1v) is 38.0. The van der Waals surface area contributed by atoms with E-state index >= 15 is 0 Å². The van der Waals surface area contributed by atoms with Crippen LogP contribution in [0.4, 0.5) is 34.1 Å². The molecule has 526 valence electrons. The van der Waals surface area contributed by atoms with Gasteiger partial charge in [0.15, 0.2) is 0 Å². The summed E-state index contributed by atoms with van der Waals surface area (Å²) in [6.45, 7) is 24.8. The Kier molecular flexibility index (Phi) is 16.5. The van der Waals surface area contributed by atoms with Gasteiger partial charge in [-0.3, -0.25) is 0 Å². The minimum atomic E-state index is -0.253. The average molecular weight is 1400 g/mol. The lowest BCUT2D eigenvalue weighted by molar-refractivity contribution is 0.464. The van der Waals surface area contributed by atoms with E-state index in [1.807, 2.05) is 0 Å². The molecule has 0 aromatic heterocycles. The number of ether oxygens (including phenoxy) is 4. The van der Waals surface area contributed by atoms with Crippen molar-refractivity contribution in [1.29, 1.82) is 0 Å². The summed E-state index contributed by atoms with van der Waals surface area (Å²) >= 11 is 0. The molecule has 6 nitrogen and oxygen atoms in total. The van der Waals surface area contributed by atoms with Gasteiger partial charge in [-0.15, -0.1) is 0 Å². The Morgan fingerprint density at radius 2 is 0.602 bits per heavy atom. The molecule has 14 aromatic carbocycles. The van der Waals surface area contributed by atoms with E-state index in [0.717, 1.165) is 164 Å². The molecule has 0 bridgehead atoms. The standard InChI is InChI=1S/C100H86B2N2O4/c1-97(2,3)73-38-30-66(31-39-73)70-35-50-82-89(57-70)106-92-61-81(62-93-94(92)101(82)83-51-36-71(58-90(83)107-93)67-32-40-74(41-33-67)98(4,5)6)103(79-46-42-75(43-47-79)99(7,8)9)80-48-44-76(45-49-80)100(10,11)63-64-22-21-25-68(56-64)72-37-53-84-88(60-72)105-87-55-54-86(104(77-26-17-13-18-27-77)78-28-19-14-20-29-78)96-95(87)102(84)85-52-34-69(59-91(85)108-96)65-23-15-12-16-24-65/h12-62H,63H2,1-11H3. The normalized spacial score (nSPS) is 13.1. The van der Waals surface area contributed by atoms with E-state index in [4.69, 9.17) is 18.9 Å². The van der Waals surface area contributed by atoms with E-state index in [2.05, 4.69) is 395 Å². The minimum Gasteiger partial charge on any atom is -0.458 e. The molecule has 0 radical (unpaired) electrons. The first-order chi connectivity index (χ1) is 52.1. The molecule has 108 heavy (non-hydrogen) atoms. The highest BCUT2D eigenvalue weighted by molar-refractivity contribution is 6.99. The number of hydrogen-bond donors (Lipinski definition) is 0. The topological polar surface area (TPSA) is 43.4 Å². The zero-order valence-corrected chi connectivity index (χ0v) is 63.3. The fourth-order valence-corrected chi connectivity index (χ4v) is 16.6. The van der Waals surface area contributed by atoms with Crippen LogP contribution in [0.15, 0.2) is 309 Å². The van der Waals surface area contributed by atoms with Gasteiger partial charge in [0.25, 0.3) is 13.4 Å². The third-order valence-corrected chi connectivity index (χ3v) is 22.6. The second-order valence-corrected chi connectivity index (χ2v) is 33.4. The van der Waals surface area contributed by atoms with Crippen molar-refractivity contribution in [3.05, 3.63) is 337 Å². The van der Waals surface area contributed by atoms with Crippen LogP contribution >= 0.6 is 0 Å². The first kappa shape index (κ1) is 67.9. The number of anilines is 6. The van der Waals surface area contributed by atoms with Crippen molar-refractivity contribution in [2.45, 2.75) is 104 Å². The predicted octanol–water partition coefficient (Wildman–Crippen LogP) is 23.2. The molecule has 0 atom stereocenters. The van der Waals surface area contributed by atoms with Crippen LogP contribution in [0.5, 0.6) is 46.0 Å². The van der Waals surface area contributed by atoms with Crippen molar-refractivity contribution in [3.63, 3.8) is 0 Å². The SMILES string of the molecule is CC(C)(C)c1ccc(-c2ccc3c(c2)Oc2cc(N(c4ccc(C(C)(C)C)cc4)c4ccc(C(C)(C)Cc5cccc(-c6ccc7c(c6)Oc6ccc(N(c8ccccc8)c8ccccc8)c8c6B7c6ccc(-c7ccccc7)cc6O8)c5)cc4)cc4c2B3c2ccc(-c3ccc(C(C)(C)C)cc3)cc2O4)cc1. The zero-order valence-electron chi connectivity index (χ0n) is 63.3. The van der Waals surface area contributed by atoms with Crippen LogP contribution in [-0.4, -0.2) is 13.4 Å². The number of fused-ring (bicyclic) bond motifs is 8. The lowest BCUT2D eigenvalue weighted by atomic mass is 9.34. The highest BCUT2D eigenvalue weighted by Crippen LogP contribution is 2.49. The summed E-state index contributed by atoms with van der Waals surface area (Å²) in [4.78, 5) is 4.65. The summed E-state index contributed by atoms with van der Waals surface area (Å²) in [5.41, 5.74) is 27.6. The number of benzene rings is 14. The Balaban J connectivity index is 0.677. The molecule has 0 saturated heterocycles. The number of nitrogens with zero attached hydrogens (tertiary/aromatic N) is 2. The maximum absolute atomic E-state index is 7.29. The van der Waals surface area contributed by atoms with Crippen molar-refractivity contribution in [2.75, 3.05) is 9.80 Å². The van der Waals surface area contributed by atoms with Gasteiger partial charge in [0, 0.05) is 45.8 Å². The van der Waals surface area contributed by atoms with Crippen LogP contribution in [0.2, 0.25) is 0 Å². The number of hydrogen-bond acceptors (Lipinski definition) is 6. The molecule has 14 aromatic rings. The highest BCUT2D eigenvalue weighted by Gasteiger charge is 2.44. The highest BCUT2D eigenvalue weighted by atomic mass is 16.5. The largest absolute Gasteiger partial charge is 0.458 e. The van der Waals surface area contributed by atoms with Gasteiger partial charge in [0.05, 0.1) is 11.4 Å². The molecule has 0 spiro atoms. The van der Waals surface area contributed by atoms with Gasteiger partial charge in [-0.25, -0.2) is 0 Å². The van der Waals surface area contributed by atoms with E-state index in [9.17, 15) is 0 Å². The molecule has 18 rings (SSSR count). The maximum Gasteiger partial charge on any atom is 0.260 e. The summed E-state index contributed by atoms with van der Waals surface area (Å²) in [5, 5.41) is 0. The van der Waals surface area contributed by atoms with Crippen LogP contribution in [0, 0.1) is 0 Å². The smallest absolute Gasteiger partial charge is 0.260 e. The van der Waals surface area contributed by atoms with Crippen LogP contribution in [-0.2, 0) is 28.1 Å². The quantitative estimate of drug-likeness (QED) is 0.107. The summed E-state index contributed by atoms with van der Waals surface area (Å²) in [6, 6.07) is 113. The van der Waals surface area contributed by atoms with Crippen molar-refractivity contribution < 1.29 is 18.9 Å². The Hall–Kier alpha value is -12.0. The van der Waals surface area contributed by atoms with Gasteiger partial charge >= 0.3 is 0 Å². The van der Waals surface area contributed by atoms with Crippen LogP contribution in [0.1, 0.15) is 104 Å². The van der Waals surface area contributed by atoms with Gasteiger partial charge in [0.2, 0.25) is 0 Å². The van der Waals surface area contributed by atoms with Gasteiger partial charge in [-0.1, -0.05) is 288 Å².